The maximum absolute atomic E-state index is 13.9. The molecule has 2 aromatic carbocycles. The summed E-state index contributed by atoms with van der Waals surface area (Å²) in [7, 11) is 6.04. The zero-order valence-corrected chi connectivity index (χ0v) is 34.6. The number of amides is 3. The van der Waals surface area contributed by atoms with E-state index in [4.69, 9.17) is 23.7 Å². The third kappa shape index (κ3) is 8.83. The zero-order valence-electron chi connectivity index (χ0n) is 32.9. The molecular formula is C42H49N5O9S2. The second kappa shape index (κ2) is 18.2. The van der Waals surface area contributed by atoms with Gasteiger partial charge in [0.2, 0.25) is 0 Å². The quantitative estimate of drug-likeness (QED) is 0.0940. The molecule has 4 aliphatic rings. The first kappa shape index (κ1) is 41.1. The second-order valence-electron chi connectivity index (χ2n) is 14.7. The summed E-state index contributed by atoms with van der Waals surface area (Å²) < 4.78 is 29.4. The maximum atomic E-state index is 13.9. The van der Waals surface area contributed by atoms with Crippen LogP contribution in [0.4, 0.5) is 16.2 Å². The fourth-order valence-corrected chi connectivity index (χ4v) is 9.46. The number of anilines is 2. The van der Waals surface area contributed by atoms with Crippen LogP contribution in [0.3, 0.4) is 0 Å². The Bertz CT molecular complexity index is 2050. The van der Waals surface area contributed by atoms with Gasteiger partial charge >= 0.3 is 6.09 Å². The van der Waals surface area contributed by atoms with E-state index < -0.39 is 18.4 Å². The number of fused-ring (bicyclic) bond motifs is 4. The summed E-state index contributed by atoms with van der Waals surface area (Å²) in [4.78, 5) is 50.0. The molecule has 3 amide bonds. The summed E-state index contributed by atoms with van der Waals surface area (Å²) in [6.07, 6.45) is 2.82. The van der Waals surface area contributed by atoms with Crippen LogP contribution < -0.4 is 29.2 Å². The van der Waals surface area contributed by atoms with E-state index in [1.165, 1.54) is 28.7 Å². The highest BCUT2D eigenvalue weighted by Crippen LogP contribution is 2.43. The molecule has 0 saturated carbocycles. The van der Waals surface area contributed by atoms with Crippen LogP contribution in [0.1, 0.15) is 59.7 Å². The lowest BCUT2D eigenvalue weighted by Crippen LogP contribution is -2.51. The van der Waals surface area contributed by atoms with E-state index in [1.54, 1.807) is 36.4 Å². The molecule has 0 unspecified atom stereocenters. The molecule has 2 N–H and O–H groups in total. The third-order valence-corrected chi connectivity index (χ3v) is 13.3. The van der Waals surface area contributed by atoms with Crippen LogP contribution in [0.5, 0.6) is 23.0 Å². The number of ether oxygens (including phenoxy) is 5. The minimum Gasteiger partial charge on any atom is -0.493 e. The van der Waals surface area contributed by atoms with Gasteiger partial charge in [0.15, 0.2) is 29.2 Å². The molecule has 4 aliphatic heterocycles. The van der Waals surface area contributed by atoms with Crippen molar-refractivity contribution in [1.82, 2.24) is 14.8 Å². The van der Waals surface area contributed by atoms with Gasteiger partial charge < -0.3 is 43.9 Å². The average Bonchev–Trinajstić information content (AvgIpc) is 3.77. The molecule has 4 atom stereocenters. The van der Waals surface area contributed by atoms with Crippen LogP contribution >= 0.6 is 21.6 Å². The lowest BCUT2D eigenvalue weighted by Gasteiger charge is -2.31. The van der Waals surface area contributed by atoms with Gasteiger partial charge in [-0.2, -0.15) is 0 Å². The topological polar surface area (TPSA) is 152 Å². The number of hydrogen-bond donors (Lipinski definition) is 2. The highest BCUT2D eigenvalue weighted by Gasteiger charge is 2.46. The molecule has 7 rings (SSSR count). The average molecular weight is 832 g/mol. The van der Waals surface area contributed by atoms with Crippen LogP contribution in [0.15, 0.2) is 78.0 Å². The van der Waals surface area contributed by atoms with Crippen LogP contribution in [0.25, 0.3) is 0 Å². The van der Waals surface area contributed by atoms with Crippen molar-refractivity contribution in [3.8, 4) is 23.0 Å². The van der Waals surface area contributed by atoms with Crippen LogP contribution in [-0.2, 0) is 4.74 Å². The Balaban J connectivity index is 0.977. The first-order valence-electron chi connectivity index (χ1n) is 19.3. The number of rotatable bonds is 15. The fraction of sp³-hybridized carbons (Fsp3) is 0.429. The lowest BCUT2D eigenvalue weighted by molar-refractivity contribution is 0.0491. The number of aromatic nitrogens is 1. The van der Waals surface area contributed by atoms with Crippen molar-refractivity contribution in [2.75, 3.05) is 63.9 Å². The summed E-state index contributed by atoms with van der Waals surface area (Å²) >= 11 is 0. The Kier molecular flexibility index (Phi) is 12.9. The first-order valence-corrected chi connectivity index (χ1v) is 21.5. The van der Waals surface area contributed by atoms with E-state index in [0.717, 1.165) is 46.0 Å². The van der Waals surface area contributed by atoms with Crippen LogP contribution in [0.2, 0.25) is 0 Å². The number of pyridine rings is 1. The van der Waals surface area contributed by atoms with E-state index in [2.05, 4.69) is 23.5 Å². The Hall–Kier alpha value is -5.06. The van der Waals surface area contributed by atoms with Crippen LogP contribution in [0, 0.1) is 0 Å². The Morgan fingerprint density at radius 2 is 1.59 bits per heavy atom. The molecule has 58 heavy (non-hydrogen) atoms. The van der Waals surface area contributed by atoms with E-state index in [0.29, 0.717) is 67.7 Å². The van der Waals surface area contributed by atoms with Gasteiger partial charge in [-0.1, -0.05) is 41.2 Å². The summed E-state index contributed by atoms with van der Waals surface area (Å²) in [5.41, 5.74) is 3.46. The molecule has 1 aromatic heterocycles. The van der Waals surface area contributed by atoms with Crippen molar-refractivity contribution < 1.29 is 43.2 Å². The third-order valence-electron chi connectivity index (χ3n) is 10.5. The predicted molar refractivity (Wildman–Crippen MR) is 223 cm³/mol. The van der Waals surface area contributed by atoms with Gasteiger partial charge in [-0.15, -0.1) is 0 Å². The van der Waals surface area contributed by atoms with Gasteiger partial charge in [-0.3, -0.25) is 9.59 Å². The van der Waals surface area contributed by atoms with E-state index in [9.17, 15) is 19.5 Å². The number of carbonyl (C=O) groups excluding carboxylic acids is 3. The number of unbranched alkanes of at least 4 members (excludes halogenated alkanes) is 2. The molecule has 2 fully saturated rings. The molecule has 0 aliphatic carbocycles. The number of aliphatic hydroxyl groups excluding tert-OH is 1. The highest BCUT2D eigenvalue weighted by molar-refractivity contribution is 8.76. The molecular weight excluding hydrogens is 783 g/mol. The number of carbonyl (C=O) groups is 3. The van der Waals surface area contributed by atoms with Gasteiger partial charge in [0.1, 0.15) is 11.6 Å². The molecule has 2 saturated heterocycles. The molecule has 0 radical (unpaired) electrons. The monoisotopic (exact) mass is 831 g/mol. The van der Waals surface area contributed by atoms with Crippen molar-refractivity contribution in [3.05, 3.63) is 84.1 Å². The van der Waals surface area contributed by atoms with E-state index in [1.807, 2.05) is 36.1 Å². The minimum absolute atomic E-state index is 0.0435. The van der Waals surface area contributed by atoms with Crippen LogP contribution in [-0.4, -0.2) is 115 Å². The molecule has 3 aromatic rings. The zero-order chi connectivity index (χ0) is 40.9. The van der Waals surface area contributed by atoms with Gasteiger partial charge in [0.05, 0.1) is 62.0 Å². The molecule has 5 heterocycles. The largest absolute Gasteiger partial charge is 0.493 e. The van der Waals surface area contributed by atoms with E-state index in [-0.39, 0.29) is 47.5 Å². The number of nitrogens with one attached hydrogen (secondary N) is 1. The Labute approximate surface area is 346 Å². The number of nitrogens with zero attached hydrogens (tertiary/aromatic N) is 4. The van der Waals surface area contributed by atoms with Crippen molar-refractivity contribution in [2.45, 2.75) is 67.6 Å². The molecule has 14 nitrogen and oxygen atoms in total. The normalized spacial score (nSPS) is 20.3. The standard InChI is InChI=1S/C42H49N5O9S2/c1-25-15-28-21-44-31-19-36(34(52-4)17-29(31)39(48)45(28)22-25)54-13-9-6-10-14-55-37-20-32-30(18-35(37)53-5)40(49)46-23-26(2)16-33(46)41(50)47(32)42(51)56-24-27(3)57-58-38-11-7-8-12-43-38/h7-8,11-12,17-20,27-28,33,41,44,50H,1-2,6,9-10,13-16,21-24H2,3-5H3/t27-,28+,33+,41+/m1/s1. The van der Waals surface area contributed by atoms with Gasteiger partial charge in [-0.25, -0.2) is 14.7 Å². The summed E-state index contributed by atoms with van der Waals surface area (Å²) in [5, 5.41) is 15.9. The highest BCUT2D eigenvalue weighted by atomic mass is 33.1. The second-order valence-corrected chi connectivity index (χ2v) is 17.4. The van der Waals surface area contributed by atoms with Crippen molar-refractivity contribution in [2.24, 2.45) is 0 Å². The SMILES string of the molecule is C=C1C[C@H]2CNc3cc(OCCCCCOc4cc5c(cc4OC)C(=O)N4CC(=C)C[C@H]4[C@H](O)N5C(=O)OC[C@@H](C)SSc4ccccn4)c(OC)cc3C(=O)N2C1. The lowest BCUT2D eigenvalue weighted by atomic mass is 10.1. The number of aliphatic hydroxyl groups is 1. The predicted octanol–water partition coefficient (Wildman–Crippen LogP) is 6.80. The first-order chi connectivity index (χ1) is 28.1. The smallest absolute Gasteiger partial charge is 0.416 e. The van der Waals surface area contributed by atoms with Gasteiger partial charge in [0, 0.05) is 43.2 Å². The Morgan fingerprint density at radius 1 is 0.914 bits per heavy atom. The van der Waals surface area contributed by atoms with Crippen molar-refractivity contribution >= 4 is 50.9 Å². The molecule has 0 bridgehead atoms. The number of methoxy groups -OCH3 is 2. The van der Waals surface area contributed by atoms with E-state index >= 15 is 0 Å². The van der Waals surface area contributed by atoms with Crippen molar-refractivity contribution in [1.29, 1.82) is 0 Å². The fourth-order valence-electron chi connectivity index (χ4n) is 7.58. The number of benzene rings is 2. The summed E-state index contributed by atoms with van der Waals surface area (Å²) in [6, 6.07) is 11.7. The number of hydrogen-bond acceptors (Lipinski definition) is 13. The Morgan fingerprint density at radius 3 is 2.29 bits per heavy atom. The van der Waals surface area contributed by atoms with Gasteiger partial charge in [0.25, 0.3) is 11.8 Å². The minimum atomic E-state index is -1.39. The summed E-state index contributed by atoms with van der Waals surface area (Å²) in [6.45, 7) is 12.3. The molecule has 0 spiro atoms. The maximum Gasteiger partial charge on any atom is 0.416 e. The van der Waals surface area contributed by atoms with Crippen molar-refractivity contribution in [3.63, 3.8) is 0 Å². The van der Waals surface area contributed by atoms with Gasteiger partial charge in [-0.05, 0) is 74.1 Å². The molecule has 308 valence electrons. The summed E-state index contributed by atoms with van der Waals surface area (Å²) in [5.74, 6) is 1.29. The molecule has 16 heteroatoms.